The molecule has 5 nitrogen and oxygen atoms in total. The number of hydrogen-bond acceptors (Lipinski definition) is 4. The van der Waals surface area contributed by atoms with Gasteiger partial charge in [-0.1, -0.05) is 39.3 Å². The van der Waals surface area contributed by atoms with Crippen LogP contribution in [0.15, 0.2) is 18.6 Å². The lowest BCUT2D eigenvalue weighted by Gasteiger charge is -2.42. The predicted octanol–water partition coefficient (Wildman–Crippen LogP) is 6.32. The number of aromatic nitrogens is 3. The Hall–Kier alpha value is -0.736. The summed E-state index contributed by atoms with van der Waals surface area (Å²) in [6, 6.07) is 1.99. The minimum atomic E-state index is -2.31. The van der Waals surface area contributed by atoms with Crippen LogP contribution in [0.5, 0.6) is 0 Å². The van der Waals surface area contributed by atoms with Gasteiger partial charge in [0.15, 0.2) is 16.6 Å². The van der Waals surface area contributed by atoms with Crippen LogP contribution >= 0.6 is 11.6 Å². The van der Waals surface area contributed by atoms with Gasteiger partial charge in [-0.3, -0.25) is 0 Å². The molecule has 170 valence electrons. The summed E-state index contributed by atoms with van der Waals surface area (Å²) in [6.45, 7) is 19.1. The number of halogens is 1. The Labute approximate surface area is 189 Å². The average molecular weight is 470 g/mol. The van der Waals surface area contributed by atoms with Crippen molar-refractivity contribution in [3.63, 3.8) is 0 Å². The van der Waals surface area contributed by atoms with Crippen LogP contribution in [-0.2, 0) is 5.54 Å². The molecule has 0 amide bonds. The molecule has 2 heterocycles. The van der Waals surface area contributed by atoms with Crippen molar-refractivity contribution in [1.29, 1.82) is 0 Å². The Kier molecular flexibility index (Phi) is 7.07. The van der Waals surface area contributed by atoms with Crippen molar-refractivity contribution in [3.8, 4) is 0 Å². The Bertz CT molecular complexity index is 853. The molecule has 2 N–H and O–H groups in total. The van der Waals surface area contributed by atoms with Crippen LogP contribution in [-0.4, -0.2) is 40.8 Å². The van der Waals surface area contributed by atoms with Gasteiger partial charge in [0.1, 0.15) is 17.1 Å². The van der Waals surface area contributed by atoms with Gasteiger partial charge in [-0.05, 0) is 74.9 Å². The van der Waals surface area contributed by atoms with E-state index in [0.717, 1.165) is 36.7 Å². The summed E-state index contributed by atoms with van der Waals surface area (Å²) < 4.78 is 2.24. The van der Waals surface area contributed by atoms with Gasteiger partial charge in [-0.25, -0.2) is 9.97 Å². The van der Waals surface area contributed by atoms with Crippen LogP contribution in [0.4, 0.5) is 0 Å². The summed E-state index contributed by atoms with van der Waals surface area (Å²) in [6.07, 6.45) is 7.23. The topological polar surface area (TPSA) is 71.2 Å². The van der Waals surface area contributed by atoms with Crippen molar-refractivity contribution in [2.75, 3.05) is 0 Å². The lowest BCUT2D eigenvalue weighted by Crippen LogP contribution is -2.42. The van der Waals surface area contributed by atoms with E-state index in [9.17, 15) is 9.59 Å². The minimum absolute atomic E-state index is 0.107. The molecule has 0 unspecified atom stereocenters. The molecule has 0 saturated heterocycles. The molecule has 2 rings (SSSR count). The maximum absolute atomic E-state index is 10.8. The fraction of sp³-hybridized carbons (Fsp3) is 0.727. The van der Waals surface area contributed by atoms with E-state index in [1.807, 2.05) is 32.3 Å². The third-order valence-electron chi connectivity index (χ3n) is 7.90. The summed E-state index contributed by atoms with van der Waals surface area (Å²) in [5.41, 5.74) is 0.627. The summed E-state index contributed by atoms with van der Waals surface area (Å²) in [5.74, 6) is 0. The maximum atomic E-state index is 10.8. The van der Waals surface area contributed by atoms with Crippen LogP contribution in [0.1, 0.15) is 60.3 Å². The zero-order chi connectivity index (χ0) is 23.2. The highest BCUT2D eigenvalue weighted by molar-refractivity contribution is 6.73. The summed E-state index contributed by atoms with van der Waals surface area (Å²) in [5, 5.41) is 1.11. The van der Waals surface area contributed by atoms with Gasteiger partial charge in [0.25, 0.3) is 0 Å². The third-order valence-corrected chi connectivity index (χ3v) is 15.3. The Morgan fingerprint density at radius 2 is 1.33 bits per heavy atom. The molecule has 0 radical (unpaired) electrons. The number of rotatable bonds is 9. The summed E-state index contributed by atoms with van der Waals surface area (Å²) in [4.78, 5) is 30.3. The van der Waals surface area contributed by atoms with E-state index in [0.29, 0.717) is 5.15 Å². The van der Waals surface area contributed by atoms with E-state index >= 15 is 0 Å². The molecule has 2 aromatic heterocycles. The van der Waals surface area contributed by atoms with E-state index < -0.39 is 16.6 Å². The highest BCUT2D eigenvalue weighted by Crippen LogP contribution is 2.47. The first-order valence-corrected chi connectivity index (χ1v) is 17.1. The molecule has 0 bridgehead atoms. The highest BCUT2D eigenvalue weighted by atomic mass is 35.5. The lowest BCUT2D eigenvalue weighted by molar-refractivity contribution is 0.235. The zero-order valence-electron chi connectivity index (χ0n) is 20.2. The van der Waals surface area contributed by atoms with Crippen molar-refractivity contribution in [1.82, 2.24) is 14.5 Å². The largest absolute Gasteiger partial charge is 0.432 e. The van der Waals surface area contributed by atoms with Gasteiger partial charge in [0, 0.05) is 11.7 Å². The first-order valence-electron chi connectivity index (χ1n) is 10.8. The van der Waals surface area contributed by atoms with Gasteiger partial charge in [-0.2, -0.15) is 0 Å². The molecule has 0 fully saturated rings. The molecule has 2 aromatic rings. The molecule has 0 saturated carbocycles. The Morgan fingerprint density at radius 3 is 1.77 bits per heavy atom. The van der Waals surface area contributed by atoms with E-state index in [1.54, 1.807) is 0 Å². The SMILES string of the molecule is CC(CCC(C)(C)[Si](C)(C)O)(CCC(C)(C)[Si](C)(C)O)n1ccc2c(Cl)ncnc21. The molecule has 0 aliphatic carbocycles. The second kappa shape index (κ2) is 8.32. The van der Waals surface area contributed by atoms with Gasteiger partial charge in [0.2, 0.25) is 0 Å². The van der Waals surface area contributed by atoms with Crippen LogP contribution < -0.4 is 0 Å². The monoisotopic (exact) mass is 469 g/mol. The van der Waals surface area contributed by atoms with Gasteiger partial charge in [0.05, 0.1) is 5.39 Å². The van der Waals surface area contributed by atoms with Crippen molar-refractivity contribution in [2.24, 2.45) is 0 Å². The molecule has 30 heavy (non-hydrogen) atoms. The standard InChI is InChI=1S/C22H40ClN3O2Si2/c1-20(2,29(6,7)27)11-13-22(5,14-12-21(3,4)30(8,9)28)26-15-10-17-18(23)24-16-25-19(17)26/h10,15-16,27-28H,11-14H2,1-9H3. The van der Waals surface area contributed by atoms with Crippen molar-refractivity contribution in [2.45, 2.75) is 102 Å². The minimum Gasteiger partial charge on any atom is -0.432 e. The summed E-state index contributed by atoms with van der Waals surface area (Å²) in [7, 11) is -4.62. The second-order valence-corrected chi connectivity index (χ2v) is 20.8. The highest BCUT2D eigenvalue weighted by Gasteiger charge is 2.43. The normalized spacial score (nSPS) is 14.5. The smallest absolute Gasteiger partial charge is 0.188 e. The van der Waals surface area contributed by atoms with E-state index in [1.165, 1.54) is 6.33 Å². The van der Waals surface area contributed by atoms with Crippen molar-refractivity contribution < 1.29 is 9.59 Å². The van der Waals surface area contributed by atoms with Crippen molar-refractivity contribution >= 4 is 39.3 Å². The van der Waals surface area contributed by atoms with Crippen molar-refractivity contribution in [3.05, 3.63) is 23.7 Å². The first-order chi connectivity index (χ1) is 13.4. The molecule has 0 aliphatic rings. The van der Waals surface area contributed by atoms with Crippen LogP contribution in [0.2, 0.25) is 41.4 Å². The number of hydrogen-bond donors (Lipinski definition) is 2. The molecule has 0 aromatic carbocycles. The van der Waals surface area contributed by atoms with Gasteiger partial charge in [-0.15, -0.1) is 0 Å². The third kappa shape index (κ3) is 5.18. The van der Waals surface area contributed by atoms with Gasteiger partial charge >= 0.3 is 0 Å². The van der Waals surface area contributed by atoms with Gasteiger partial charge < -0.3 is 14.2 Å². The molecule has 0 spiro atoms. The molecule has 0 aliphatic heterocycles. The molecule has 0 atom stereocenters. The summed E-state index contributed by atoms with van der Waals surface area (Å²) >= 11 is 6.32. The fourth-order valence-electron chi connectivity index (χ4n) is 3.50. The Balaban J connectivity index is 2.45. The van der Waals surface area contributed by atoms with E-state index in [4.69, 9.17) is 11.6 Å². The first kappa shape index (κ1) is 25.5. The molecular formula is C22H40ClN3O2Si2. The van der Waals surface area contributed by atoms with E-state index in [-0.39, 0.29) is 15.6 Å². The number of fused-ring (bicyclic) bond motifs is 1. The second-order valence-electron chi connectivity index (χ2n) is 11.5. The van der Waals surface area contributed by atoms with Crippen LogP contribution in [0, 0.1) is 0 Å². The van der Waals surface area contributed by atoms with E-state index in [2.05, 4.69) is 55.4 Å². The predicted molar refractivity (Wildman–Crippen MR) is 132 cm³/mol. The maximum Gasteiger partial charge on any atom is 0.188 e. The number of nitrogens with zero attached hydrogens (tertiary/aromatic N) is 3. The lowest BCUT2D eigenvalue weighted by atomic mass is 9.84. The average Bonchev–Trinajstić information content (AvgIpc) is 3.03. The molecular weight excluding hydrogens is 430 g/mol. The van der Waals surface area contributed by atoms with Crippen LogP contribution in [0.25, 0.3) is 11.0 Å². The zero-order valence-corrected chi connectivity index (χ0v) is 22.9. The Morgan fingerprint density at radius 1 is 0.867 bits per heavy atom. The van der Waals surface area contributed by atoms with Crippen LogP contribution in [0.3, 0.4) is 0 Å². The fourth-order valence-corrected chi connectivity index (χ4v) is 5.16. The quantitative estimate of drug-likeness (QED) is 0.333. The molecule has 8 heteroatoms.